The van der Waals surface area contributed by atoms with E-state index in [4.69, 9.17) is 15.2 Å². The zero-order valence-corrected chi connectivity index (χ0v) is 13.4. The van der Waals surface area contributed by atoms with Crippen LogP contribution in [0.5, 0.6) is 11.5 Å². The normalized spacial score (nSPS) is 11.8. The summed E-state index contributed by atoms with van der Waals surface area (Å²) in [4.78, 5) is 11.9. The van der Waals surface area contributed by atoms with Gasteiger partial charge in [-0.25, -0.2) is 0 Å². The summed E-state index contributed by atoms with van der Waals surface area (Å²) in [7, 11) is 1.54. The van der Waals surface area contributed by atoms with Gasteiger partial charge in [0.1, 0.15) is 11.5 Å². The lowest BCUT2D eigenvalue weighted by molar-refractivity contribution is -0.118. The van der Waals surface area contributed by atoms with E-state index in [0.29, 0.717) is 18.0 Å². The second-order valence-corrected chi connectivity index (χ2v) is 5.29. The molecular weight excluding hydrogens is 292 g/mol. The third-order valence-electron chi connectivity index (χ3n) is 3.37. The van der Waals surface area contributed by atoms with Crippen LogP contribution in [-0.4, -0.2) is 25.7 Å². The molecule has 0 radical (unpaired) electrons. The molecule has 0 bridgehead atoms. The highest BCUT2D eigenvalue weighted by molar-refractivity contribution is 5.91. The van der Waals surface area contributed by atoms with Crippen LogP contribution in [0.3, 0.4) is 0 Å². The fourth-order valence-electron chi connectivity index (χ4n) is 2.10. The van der Waals surface area contributed by atoms with E-state index >= 15 is 0 Å². The van der Waals surface area contributed by atoms with E-state index in [1.807, 2.05) is 43.3 Å². The van der Waals surface area contributed by atoms with Crippen LogP contribution in [0.1, 0.15) is 12.0 Å². The quantitative estimate of drug-likeness (QED) is 0.823. The third kappa shape index (κ3) is 5.39. The van der Waals surface area contributed by atoms with Gasteiger partial charge in [-0.2, -0.15) is 0 Å². The fraction of sp³-hybridized carbons (Fsp3) is 0.278. The molecular formula is C18H22N2O3. The van der Waals surface area contributed by atoms with Gasteiger partial charge in [0.05, 0.1) is 12.5 Å². The van der Waals surface area contributed by atoms with E-state index in [1.54, 1.807) is 19.2 Å². The lowest BCUT2D eigenvalue weighted by Gasteiger charge is -2.13. The first-order valence-corrected chi connectivity index (χ1v) is 7.48. The number of nitrogens with two attached hydrogens (primary N) is 1. The molecule has 0 aliphatic carbocycles. The van der Waals surface area contributed by atoms with Crippen LogP contribution in [0.25, 0.3) is 0 Å². The van der Waals surface area contributed by atoms with Gasteiger partial charge in [-0.1, -0.05) is 12.1 Å². The van der Waals surface area contributed by atoms with Gasteiger partial charge in [0.2, 0.25) is 5.91 Å². The molecule has 0 saturated carbocycles. The second-order valence-electron chi connectivity index (χ2n) is 5.29. The van der Waals surface area contributed by atoms with Crippen molar-refractivity contribution in [3.63, 3.8) is 0 Å². The number of anilines is 1. The largest absolute Gasteiger partial charge is 0.457 e. The van der Waals surface area contributed by atoms with E-state index in [2.05, 4.69) is 5.32 Å². The van der Waals surface area contributed by atoms with Gasteiger partial charge in [-0.05, 0) is 48.9 Å². The first kappa shape index (κ1) is 17.0. The van der Waals surface area contributed by atoms with Crippen molar-refractivity contribution in [2.45, 2.75) is 19.4 Å². The lowest BCUT2D eigenvalue weighted by Crippen LogP contribution is -2.28. The summed E-state index contributed by atoms with van der Waals surface area (Å²) < 4.78 is 10.9. The minimum atomic E-state index is -0.265. The highest BCUT2D eigenvalue weighted by Gasteiger charge is 2.11. The molecule has 2 aromatic carbocycles. The maximum Gasteiger partial charge on any atom is 0.227 e. The molecule has 0 aromatic heterocycles. The number of ether oxygens (including phenoxy) is 2. The van der Waals surface area contributed by atoms with E-state index < -0.39 is 0 Å². The average Bonchev–Trinajstić information content (AvgIpc) is 2.54. The maximum atomic E-state index is 11.9. The molecule has 5 nitrogen and oxygen atoms in total. The third-order valence-corrected chi connectivity index (χ3v) is 3.37. The van der Waals surface area contributed by atoms with Crippen LogP contribution >= 0.6 is 0 Å². The summed E-state index contributed by atoms with van der Waals surface area (Å²) in [6.07, 6.45) is -0.0342. The molecule has 5 heteroatoms. The number of amides is 1. The summed E-state index contributed by atoms with van der Waals surface area (Å²) in [6, 6.07) is 15.1. The van der Waals surface area contributed by atoms with Crippen molar-refractivity contribution in [1.29, 1.82) is 0 Å². The number of nitrogens with one attached hydrogen (secondary N) is 1. The molecule has 2 aromatic rings. The molecule has 3 N–H and O–H groups in total. The first-order chi connectivity index (χ1) is 11.1. The Morgan fingerprint density at radius 2 is 1.91 bits per heavy atom. The van der Waals surface area contributed by atoms with E-state index in [1.165, 1.54) is 0 Å². The van der Waals surface area contributed by atoms with Gasteiger partial charge in [0.15, 0.2) is 0 Å². The average molecular weight is 314 g/mol. The summed E-state index contributed by atoms with van der Waals surface area (Å²) in [6.45, 7) is 2.33. The summed E-state index contributed by atoms with van der Waals surface area (Å²) in [5.74, 6) is 1.37. The fourth-order valence-corrected chi connectivity index (χ4v) is 2.10. The topological polar surface area (TPSA) is 73.6 Å². The summed E-state index contributed by atoms with van der Waals surface area (Å²) in [5.41, 5.74) is 7.35. The number of carbonyl (C=O) groups excluding carboxylic acids is 1. The number of benzene rings is 2. The number of methoxy groups -OCH3 is 1. The minimum absolute atomic E-state index is 0.130. The molecule has 0 spiro atoms. The molecule has 0 saturated heterocycles. The number of hydrogen-bond donors (Lipinski definition) is 2. The molecule has 1 unspecified atom stereocenters. The van der Waals surface area contributed by atoms with E-state index in [0.717, 1.165) is 11.3 Å². The number of carbonyl (C=O) groups is 1. The van der Waals surface area contributed by atoms with E-state index in [-0.39, 0.29) is 18.4 Å². The Labute approximate surface area is 136 Å². The van der Waals surface area contributed by atoms with Crippen molar-refractivity contribution in [2.75, 3.05) is 19.0 Å². The predicted molar refractivity (Wildman–Crippen MR) is 90.8 cm³/mol. The van der Waals surface area contributed by atoms with Gasteiger partial charge in [0.25, 0.3) is 0 Å². The molecule has 2 rings (SSSR count). The molecule has 0 fully saturated rings. The SMILES string of the molecule is COC(CN)CC(=O)Nc1ccc(Oc2cccc(C)c2)cc1. The van der Waals surface area contributed by atoms with Crippen molar-refractivity contribution < 1.29 is 14.3 Å². The van der Waals surface area contributed by atoms with Gasteiger partial charge >= 0.3 is 0 Å². The van der Waals surface area contributed by atoms with Gasteiger partial charge < -0.3 is 20.5 Å². The van der Waals surface area contributed by atoms with Crippen molar-refractivity contribution in [1.82, 2.24) is 0 Å². The highest BCUT2D eigenvalue weighted by Crippen LogP contribution is 2.23. The molecule has 122 valence electrons. The number of aryl methyl sites for hydroxylation is 1. The molecule has 23 heavy (non-hydrogen) atoms. The Morgan fingerprint density at radius 3 is 2.52 bits per heavy atom. The van der Waals surface area contributed by atoms with Gasteiger partial charge in [-0.3, -0.25) is 4.79 Å². The zero-order valence-electron chi connectivity index (χ0n) is 13.4. The monoisotopic (exact) mass is 314 g/mol. The number of hydrogen-bond acceptors (Lipinski definition) is 4. The zero-order chi connectivity index (χ0) is 16.7. The van der Waals surface area contributed by atoms with Crippen molar-refractivity contribution in [2.24, 2.45) is 5.73 Å². The summed E-state index contributed by atoms with van der Waals surface area (Å²) in [5, 5.41) is 2.81. The standard InChI is InChI=1S/C18H22N2O3/c1-13-4-3-5-16(10-13)23-15-8-6-14(7-9-15)20-18(21)11-17(12-19)22-2/h3-10,17H,11-12,19H2,1-2H3,(H,20,21). The molecule has 0 aliphatic rings. The first-order valence-electron chi connectivity index (χ1n) is 7.48. The van der Waals surface area contributed by atoms with Crippen molar-refractivity contribution in [3.05, 3.63) is 54.1 Å². The smallest absolute Gasteiger partial charge is 0.227 e. The lowest BCUT2D eigenvalue weighted by atomic mass is 10.2. The van der Waals surface area contributed by atoms with Gasteiger partial charge in [0, 0.05) is 19.3 Å². The molecule has 1 amide bonds. The van der Waals surface area contributed by atoms with Crippen LogP contribution in [0.4, 0.5) is 5.69 Å². The summed E-state index contributed by atoms with van der Waals surface area (Å²) >= 11 is 0. The second kappa shape index (κ2) is 8.31. The molecule has 0 heterocycles. The van der Waals surface area contributed by atoms with Crippen LogP contribution in [-0.2, 0) is 9.53 Å². The number of rotatable bonds is 7. The Bertz CT molecular complexity index is 637. The Balaban J connectivity index is 1.93. The van der Waals surface area contributed by atoms with Crippen LogP contribution in [0.15, 0.2) is 48.5 Å². The Morgan fingerprint density at radius 1 is 1.17 bits per heavy atom. The van der Waals surface area contributed by atoms with Crippen LogP contribution < -0.4 is 15.8 Å². The maximum absolute atomic E-state index is 11.9. The predicted octanol–water partition coefficient (Wildman–Crippen LogP) is 3.09. The highest BCUT2D eigenvalue weighted by atomic mass is 16.5. The Hall–Kier alpha value is -2.37. The van der Waals surface area contributed by atoms with Crippen LogP contribution in [0.2, 0.25) is 0 Å². The van der Waals surface area contributed by atoms with E-state index in [9.17, 15) is 4.79 Å². The van der Waals surface area contributed by atoms with Crippen molar-refractivity contribution in [3.8, 4) is 11.5 Å². The van der Waals surface area contributed by atoms with Gasteiger partial charge in [-0.15, -0.1) is 0 Å². The van der Waals surface area contributed by atoms with Crippen molar-refractivity contribution >= 4 is 11.6 Å². The van der Waals surface area contributed by atoms with Crippen LogP contribution in [0, 0.1) is 6.92 Å². The molecule has 0 aliphatic heterocycles. The minimum Gasteiger partial charge on any atom is -0.457 e. The molecule has 1 atom stereocenters. The Kier molecular flexibility index (Phi) is 6.14.